The maximum Gasteiger partial charge on any atom is 0.225 e. The van der Waals surface area contributed by atoms with Crippen LogP contribution in [0.4, 0.5) is 0 Å². The van der Waals surface area contributed by atoms with Gasteiger partial charge < -0.3 is 4.90 Å². The minimum absolute atomic E-state index is 0.154. The summed E-state index contributed by atoms with van der Waals surface area (Å²) in [4.78, 5) is 13.9. The lowest BCUT2D eigenvalue weighted by Gasteiger charge is -2.34. The summed E-state index contributed by atoms with van der Waals surface area (Å²) in [6, 6.07) is 0. The molecule has 1 unspecified atom stereocenters. The Hall–Kier alpha value is -0.530. The van der Waals surface area contributed by atoms with Crippen LogP contribution in [0.25, 0.3) is 0 Å². The molecule has 1 saturated heterocycles. The van der Waals surface area contributed by atoms with Crippen LogP contribution in [0, 0.1) is 23.7 Å². The highest BCUT2D eigenvalue weighted by molar-refractivity contribution is 5.78. The Balaban J connectivity index is 2.33. The fourth-order valence-corrected chi connectivity index (χ4v) is 2.55. The van der Waals surface area contributed by atoms with Crippen molar-refractivity contribution in [1.29, 1.82) is 0 Å². The maximum absolute atomic E-state index is 11.9. The predicted octanol–water partition coefficient (Wildman–Crippen LogP) is 3.56. The fraction of sp³-hybridized carbons (Fsp3) is 0.933. The largest absolute Gasteiger partial charge is 0.342 e. The second-order valence-corrected chi connectivity index (χ2v) is 6.38. The zero-order valence-corrected chi connectivity index (χ0v) is 12.2. The minimum Gasteiger partial charge on any atom is -0.342 e. The van der Waals surface area contributed by atoms with E-state index in [1.807, 2.05) is 13.8 Å². The summed E-state index contributed by atoms with van der Waals surface area (Å²) in [5.74, 6) is 2.92. The van der Waals surface area contributed by atoms with Crippen LogP contribution in [0.1, 0.15) is 53.9 Å². The van der Waals surface area contributed by atoms with E-state index in [9.17, 15) is 4.79 Å². The molecule has 1 aliphatic rings. The number of hydrogen-bond donors (Lipinski definition) is 0. The molecule has 0 spiro atoms. The van der Waals surface area contributed by atoms with Crippen LogP contribution < -0.4 is 0 Å². The topological polar surface area (TPSA) is 20.3 Å². The lowest BCUT2D eigenvalue weighted by atomic mass is 9.83. The van der Waals surface area contributed by atoms with Crippen molar-refractivity contribution in [3.8, 4) is 0 Å². The van der Waals surface area contributed by atoms with Crippen molar-refractivity contribution in [3.63, 3.8) is 0 Å². The predicted molar refractivity (Wildman–Crippen MR) is 72.8 cm³/mol. The Morgan fingerprint density at radius 3 is 2.06 bits per heavy atom. The van der Waals surface area contributed by atoms with Gasteiger partial charge >= 0.3 is 0 Å². The standard InChI is InChI=1S/C15H29NO/c1-11(2)13(5)10-14-6-8-16(9-7-14)15(17)12(3)4/h11-14H,6-10H2,1-5H3. The Labute approximate surface area is 107 Å². The van der Waals surface area contributed by atoms with Gasteiger partial charge in [0.2, 0.25) is 5.91 Å². The first-order chi connectivity index (χ1) is 7.91. The summed E-state index contributed by atoms with van der Waals surface area (Å²) in [6.45, 7) is 12.9. The first kappa shape index (κ1) is 14.5. The number of hydrogen-bond acceptors (Lipinski definition) is 1. The Bertz CT molecular complexity index is 239. The molecule has 2 nitrogen and oxygen atoms in total. The molecular formula is C15H29NO. The Morgan fingerprint density at radius 2 is 1.65 bits per heavy atom. The molecule has 100 valence electrons. The van der Waals surface area contributed by atoms with Gasteiger partial charge in [-0.05, 0) is 37.0 Å². The molecule has 0 aromatic rings. The minimum atomic E-state index is 0.154. The van der Waals surface area contributed by atoms with E-state index >= 15 is 0 Å². The lowest BCUT2D eigenvalue weighted by molar-refractivity contribution is -0.135. The summed E-state index contributed by atoms with van der Waals surface area (Å²) in [5.41, 5.74) is 0. The summed E-state index contributed by atoms with van der Waals surface area (Å²) >= 11 is 0. The molecular weight excluding hydrogens is 210 g/mol. The molecule has 0 aromatic heterocycles. The quantitative estimate of drug-likeness (QED) is 0.734. The van der Waals surface area contributed by atoms with Crippen molar-refractivity contribution in [3.05, 3.63) is 0 Å². The number of nitrogens with zero attached hydrogens (tertiary/aromatic N) is 1. The second-order valence-electron chi connectivity index (χ2n) is 6.38. The molecule has 1 aliphatic heterocycles. The molecule has 17 heavy (non-hydrogen) atoms. The summed E-state index contributed by atoms with van der Waals surface area (Å²) in [7, 11) is 0. The van der Waals surface area contributed by atoms with Crippen LogP contribution in [0.5, 0.6) is 0 Å². The third kappa shape index (κ3) is 4.33. The van der Waals surface area contributed by atoms with Crippen LogP contribution in [0.2, 0.25) is 0 Å². The van der Waals surface area contributed by atoms with Crippen LogP contribution in [0.3, 0.4) is 0 Å². The van der Waals surface area contributed by atoms with Gasteiger partial charge in [0.05, 0.1) is 0 Å². The Morgan fingerprint density at radius 1 is 1.12 bits per heavy atom. The highest BCUT2D eigenvalue weighted by atomic mass is 16.2. The molecule has 0 radical (unpaired) electrons. The molecule has 0 aromatic carbocycles. The first-order valence-corrected chi connectivity index (χ1v) is 7.20. The van der Waals surface area contributed by atoms with E-state index in [4.69, 9.17) is 0 Å². The van der Waals surface area contributed by atoms with Gasteiger partial charge in [0.1, 0.15) is 0 Å². The van der Waals surface area contributed by atoms with Gasteiger partial charge in [-0.1, -0.05) is 34.6 Å². The summed E-state index contributed by atoms with van der Waals surface area (Å²) in [5, 5.41) is 0. The molecule has 1 amide bonds. The second kappa shape index (κ2) is 6.42. The monoisotopic (exact) mass is 239 g/mol. The van der Waals surface area contributed by atoms with E-state index in [1.54, 1.807) is 0 Å². The van der Waals surface area contributed by atoms with Gasteiger partial charge in [0.25, 0.3) is 0 Å². The van der Waals surface area contributed by atoms with Crippen LogP contribution in [-0.2, 0) is 4.79 Å². The van der Waals surface area contributed by atoms with Gasteiger partial charge in [0, 0.05) is 19.0 Å². The number of likely N-dealkylation sites (tertiary alicyclic amines) is 1. The summed E-state index contributed by atoms with van der Waals surface area (Å²) < 4.78 is 0. The number of amides is 1. The third-order valence-electron chi connectivity index (χ3n) is 4.26. The number of rotatable bonds is 4. The van der Waals surface area contributed by atoms with Crippen LogP contribution in [0.15, 0.2) is 0 Å². The highest BCUT2D eigenvalue weighted by Crippen LogP contribution is 2.27. The number of carbonyl (C=O) groups excluding carboxylic acids is 1. The fourth-order valence-electron chi connectivity index (χ4n) is 2.55. The molecule has 1 fully saturated rings. The molecule has 0 N–H and O–H groups in total. The third-order valence-corrected chi connectivity index (χ3v) is 4.26. The maximum atomic E-state index is 11.9. The average molecular weight is 239 g/mol. The van der Waals surface area contributed by atoms with E-state index in [0.29, 0.717) is 5.91 Å². The van der Waals surface area contributed by atoms with E-state index < -0.39 is 0 Å². The van der Waals surface area contributed by atoms with E-state index in [0.717, 1.165) is 30.8 Å². The molecule has 0 aliphatic carbocycles. The van der Waals surface area contributed by atoms with Crippen molar-refractivity contribution < 1.29 is 4.79 Å². The molecule has 2 heteroatoms. The van der Waals surface area contributed by atoms with Crippen molar-refractivity contribution in [2.45, 2.75) is 53.9 Å². The SMILES string of the molecule is CC(C)C(=O)N1CCC(CC(C)C(C)C)CC1. The zero-order chi connectivity index (χ0) is 13.0. The molecule has 1 heterocycles. The van der Waals surface area contributed by atoms with Gasteiger partial charge in [-0.25, -0.2) is 0 Å². The van der Waals surface area contributed by atoms with Crippen LogP contribution >= 0.6 is 0 Å². The molecule has 0 bridgehead atoms. The Kier molecular flexibility index (Phi) is 5.48. The van der Waals surface area contributed by atoms with Crippen molar-refractivity contribution >= 4 is 5.91 Å². The normalized spacial score (nSPS) is 20.1. The van der Waals surface area contributed by atoms with Gasteiger partial charge in [-0.3, -0.25) is 4.79 Å². The lowest BCUT2D eigenvalue weighted by Crippen LogP contribution is -2.40. The zero-order valence-electron chi connectivity index (χ0n) is 12.2. The summed E-state index contributed by atoms with van der Waals surface area (Å²) in [6.07, 6.45) is 3.74. The molecule has 1 atom stereocenters. The first-order valence-electron chi connectivity index (χ1n) is 7.20. The molecule has 0 saturated carbocycles. The van der Waals surface area contributed by atoms with Crippen molar-refractivity contribution in [1.82, 2.24) is 4.90 Å². The van der Waals surface area contributed by atoms with Gasteiger partial charge in [-0.15, -0.1) is 0 Å². The van der Waals surface area contributed by atoms with E-state index in [2.05, 4.69) is 25.7 Å². The van der Waals surface area contributed by atoms with Crippen molar-refractivity contribution in [2.75, 3.05) is 13.1 Å². The molecule has 1 rings (SSSR count). The van der Waals surface area contributed by atoms with Gasteiger partial charge in [-0.2, -0.15) is 0 Å². The van der Waals surface area contributed by atoms with Crippen LogP contribution in [-0.4, -0.2) is 23.9 Å². The average Bonchev–Trinajstić information content (AvgIpc) is 2.28. The van der Waals surface area contributed by atoms with E-state index in [1.165, 1.54) is 19.3 Å². The van der Waals surface area contributed by atoms with Gasteiger partial charge in [0.15, 0.2) is 0 Å². The smallest absolute Gasteiger partial charge is 0.225 e. The number of piperidine rings is 1. The van der Waals surface area contributed by atoms with Crippen molar-refractivity contribution in [2.24, 2.45) is 23.7 Å². The highest BCUT2D eigenvalue weighted by Gasteiger charge is 2.25. The number of carbonyl (C=O) groups is 1. The van der Waals surface area contributed by atoms with E-state index in [-0.39, 0.29) is 5.92 Å².